The van der Waals surface area contributed by atoms with Gasteiger partial charge in [0.2, 0.25) is 0 Å². The standard InChI is InChI=1S/C24H28N4O3S/c1-4-19(27(2)3)23-25-26-24(28(23)15-17-8-6-5-7-9-17)32-16-20(29)18-10-11-21-22(14-18)31-13-12-30-21/h5-11,14,19H,4,12-13,15-16H2,1-3H3. The maximum absolute atomic E-state index is 12.9. The zero-order valence-corrected chi connectivity index (χ0v) is 19.5. The third-order valence-electron chi connectivity index (χ3n) is 5.43. The van der Waals surface area contributed by atoms with Crippen LogP contribution in [0.5, 0.6) is 11.5 Å². The predicted octanol–water partition coefficient (Wildman–Crippen LogP) is 4.09. The molecule has 1 aliphatic heterocycles. The van der Waals surface area contributed by atoms with Crippen LogP contribution in [0.25, 0.3) is 0 Å². The Morgan fingerprint density at radius 3 is 2.56 bits per heavy atom. The Balaban J connectivity index is 1.55. The minimum atomic E-state index is 0.0161. The number of benzene rings is 2. The van der Waals surface area contributed by atoms with Gasteiger partial charge in [0, 0.05) is 5.56 Å². The van der Waals surface area contributed by atoms with Crippen molar-refractivity contribution in [1.82, 2.24) is 19.7 Å². The summed E-state index contributed by atoms with van der Waals surface area (Å²) in [6.07, 6.45) is 0.917. The second-order valence-corrected chi connectivity index (χ2v) is 8.81. The molecule has 1 unspecified atom stereocenters. The van der Waals surface area contributed by atoms with E-state index in [1.54, 1.807) is 18.2 Å². The van der Waals surface area contributed by atoms with Crippen LogP contribution in [0.3, 0.4) is 0 Å². The predicted molar refractivity (Wildman–Crippen MR) is 125 cm³/mol. The number of Topliss-reactive ketones (excluding diaryl/α,β-unsaturated/α-hetero) is 1. The van der Waals surface area contributed by atoms with E-state index in [0.29, 0.717) is 36.8 Å². The summed E-state index contributed by atoms with van der Waals surface area (Å²) in [7, 11) is 4.10. The van der Waals surface area contributed by atoms with Gasteiger partial charge in [-0.05, 0) is 44.3 Å². The smallest absolute Gasteiger partial charge is 0.192 e. The molecule has 32 heavy (non-hydrogen) atoms. The van der Waals surface area contributed by atoms with Gasteiger partial charge in [-0.25, -0.2) is 0 Å². The molecule has 1 aliphatic rings. The molecule has 2 heterocycles. The van der Waals surface area contributed by atoms with Gasteiger partial charge in [0.15, 0.2) is 28.3 Å². The summed E-state index contributed by atoms with van der Waals surface area (Å²) >= 11 is 1.42. The Hall–Kier alpha value is -2.84. The van der Waals surface area contributed by atoms with Crippen LogP contribution in [-0.2, 0) is 6.54 Å². The Morgan fingerprint density at radius 2 is 1.84 bits per heavy atom. The summed E-state index contributed by atoms with van der Waals surface area (Å²) in [5.41, 5.74) is 1.78. The summed E-state index contributed by atoms with van der Waals surface area (Å²) < 4.78 is 13.3. The number of fused-ring (bicyclic) bond motifs is 1. The highest BCUT2D eigenvalue weighted by Crippen LogP contribution is 2.32. The van der Waals surface area contributed by atoms with Crippen molar-refractivity contribution in [2.75, 3.05) is 33.1 Å². The molecule has 7 nitrogen and oxygen atoms in total. The molecule has 0 bridgehead atoms. The second kappa shape index (κ2) is 10.2. The van der Waals surface area contributed by atoms with Crippen molar-refractivity contribution in [3.8, 4) is 11.5 Å². The number of ketones is 1. The van der Waals surface area contributed by atoms with Crippen LogP contribution >= 0.6 is 11.8 Å². The summed E-state index contributed by atoms with van der Waals surface area (Å²) in [6.45, 7) is 3.83. The Labute approximate surface area is 192 Å². The highest BCUT2D eigenvalue weighted by atomic mass is 32.2. The van der Waals surface area contributed by atoms with Crippen LogP contribution in [-0.4, -0.2) is 58.5 Å². The molecule has 1 aromatic heterocycles. The van der Waals surface area contributed by atoms with E-state index in [9.17, 15) is 4.79 Å². The first-order valence-electron chi connectivity index (χ1n) is 10.8. The topological polar surface area (TPSA) is 69.5 Å². The van der Waals surface area contributed by atoms with E-state index < -0.39 is 0 Å². The Kier molecular flexibility index (Phi) is 7.12. The average Bonchev–Trinajstić information content (AvgIpc) is 3.20. The number of carbonyl (C=O) groups is 1. The van der Waals surface area contributed by atoms with E-state index in [2.05, 4.69) is 38.7 Å². The molecule has 168 valence electrons. The Bertz CT molecular complexity index is 1070. The van der Waals surface area contributed by atoms with Crippen LogP contribution in [0.15, 0.2) is 53.7 Å². The van der Waals surface area contributed by atoms with Gasteiger partial charge in [0.25, 0.3) is 0 Å². The quantitative estimate of drug-likeness (QED) is 0.358. The Morgan fingerprint density at radius 1 is 1.09 bits per heavy atom. The lowest BCUT2D eigenvalue weighted by Crippen LogP contribution is -2.23. The molecule has 0 radical (unpaired) electrons. The fourth-order valence-electron chi connectivity index (χ4n) is 3.78. The van der Waals surface area contributed by atoms with Crippen LogP contribution in [0.4, 0.5) is 0 Å². The number of nitrogens with zero attached hydrogens (tertiary/aromatic N) is 4. The molecule has 4 rings (SSSR count). The zero-order valence-electron chi connectivity index (χ0n) is 18.7. The largest absolute Gasteiger partial charge is 0.486 e. The number of aromatic nitrogens is 3. The molecule has 2 aromatic carbocycles. The van der Waals surface area contributed by atoms with Gasteiger partial charge in [-0.2, -0.15) is 0 Å². The molecule has 1 atom stereocenters. The van der Waals surface area contributed by atoms with E-state index in [1.165, 1.54) is 17.3 Å². The van der Waals surface area contributed by atoms with Crippen molar-refractivity contribution >= 4 is 17.5 Å². The van der Waals surface area contributed by atoms with Gasteiger partial charge >= 0.3 is 0 Å². The van der Waals surface area contributed by atoms with Crippen molar-refractivity contribution in [2.45, 2.75) is 31.1 Å². The van der Waals surface area contributed by atoms with Crippen LogP contribution in [0.2, 0.25) is 0 Å². The monoisotopic (exact) mass is 452 g/mol. The fourth-order valence-corrected chi connectivity index (χ4v) is 4.62. The highest BCUT2D eigenvalue weighted by Gasteiger charge is 2.23. The molecule has 0 fully saturated rings. The lowest BCUT2D eigenvalue weighted by molar-refractivity contribution is 0.102. The second-order valence-electron chi connectivity index (χ2n) is 7.87. The molecular weight excluding hydrogens is 424 g/mol. The molecule has 8 heteroatoms. The number of hydrogen-bond donors (Lipinski definition) is 0. The van der Waals surface area contributed by atoms with Gasteiger partial charge in [-0.1, -0.05) is 49.0 Å². The van der Waals surface area contributed by atoms with Crippen molar-refractivity contribution in [1.29, 1.82) is 0 Å². The zero-order chi connectivity index (χ0) is 22.5. The molecule has 0 aliphatic carbocycles. The van der Waals surface area contributed by atoms with E-state index in [4.69, 9.17) is 9.47 Å². The minimum Gasteiger partial charge on any atom is -0.486 e. The van der Waals surface area contributed by atoms with Crippen LogP contribution in [0, 0.1) is 0 Å². The third-order valence-corrected chi connectivity index (χ3v) is 6.40. The first-order valence-corrected chi connectivity index (χ1v) is 11.7. The molecule has 0 saturated heterocycles. The van der Waals surface area contributed by atoms with Crippen molar-refractivity contribution < 1.29 is 14.3 Å². The van der Waals surface area contributed by atoms with Crippen molar-refractivity contribution in [3.05, 3.63) is 65.5 Å². The lowest BCUT2D eigenvalue weighted by atomic mass is 10.1. The molecule has 3 aromatic rings. The fraction of sp³-hybridized carbons (Fsp3) is 0.375. The van der Waals surface area contributed by atoms with Gasteiger partial charge in [0.1, 0.15) is 13.2 Å². The molecule has 0 N–H and O–H groups in total. The van der Waals surface area contributed by atoms with Gasteiger partial charge < -0.3 is 14.0 Å². The first kappa shape index (κ1) is 22.4. The van der Waals surface area contributed by atoms with Crippen LogP contribution < -0.4 is 9.47 Å². The van der Waals surface area contributed by atoms with Gasteiger partial charge in [0.05, 0.1) is 18.3 Å². The van der Waals surface area contributed by atoms with Gasteiger partial charge in [-0.3, -0.25) is 9.69 Å². The minimum absolute atomic E-state index is 0.0161. The lowest BCUT2D eigenvalue weighted by Gasteiger charge is -2.23. The van der Waals surface area contributed by atoms with Crippen LogP contribution in [0.1, 0.15) is 41.1 Å². The summed E-state index contributed by atoms with van der Waals surface area (Å²) in [4.78, 5) is 15.0. The average molecular weight is 453 g/mol. The molecule has 0 saturated carbocycles. The number of rotatable bonds is 9. The maximum Gasteiger partial charge on any atom is 0.192 e. The normalized spacial score (nSPS) is 13.9. The number of thioether (sulfide) groups is 1. The van der Waals surface area contributed by atoms with Crippen molar-refractivity contribution in [3.63, 3.8) is 0 Å². The summed E-state index contributed by atoms with van der Waals surface area (Å²) in [5.74, 6) is 2.50. The third kappa shape index (κ3) is 4.97. The van der Waals surface area contributed by atoms with E-state index >= 15 is 0 Å². The molecule has 0 amide bonds. The number of hydrogen-bond acceptors (Lipinski definition) is 7. The highest BCUT2D eigenvalue weighted by molar-refractivity contribution is 7.99. The number of carbonyl (C=O) groups excluding carboxylic acids is 1. The first-order chi connectivity index (χ1) is 15.6. The molecule has 0 spiro atoms. The SMILES string of the molecule is CCC(c1nnc(SCC(=O)c2ccc3c(c2)OCCO3)n1Cc1ccccc1)N(C)C. The van der Waals surface area contributed by atoms with E-state index in [-0.39, 0.29) is 17.6 Å². The summed E-state index contributed by atoms with van der Waals surface area (Å²) in [6, 6.07) is 15.7. The van der Waals surface area contributed by atoms with Crippen molar-refractivity contribution in [2.24, 2.45) is 0 Å². The maximum atomic E-state index is 12.9. The number of ether oxygens (including phenoxy) is 2. The summed E-state index contributed by atoms with van der Waals surface area (Å²) in [5, 5.41) is 9.71. The molecular formula is C24H28N4O3S. The van der Waals surface area contributed by atoms with E-state index in [0.717, 1.165) is 17.4 Å². The van der Waals surface area contributed by atoms with Gasteiger partial charge in [-0.15, -0.1) is 10.2 Å². The van der Waals surface area contributed by atoms with E-state index in [1.807, 2.05) is 32.3 Å².